The number of nitrogens with zero attached hydrogens (tertiary/aromatic N) is 4. The van der Waals surface area contributed by atoms with Crippen LogP contribution < -0.4 is 10.1 Å². The summed E-state index contributed by atoms with van der Waals surface area (Å²) in [6.45, 7) is 2.20. The summed E-state index contributed by atoms with van der Waals surface area (Å²) in [7, 11) is 1.32. The van der Waals surface area contributed by atoms with Gasteiger partial charge in [0.2, 0.25) is 5.82 Å². The van der Waals surface area contributed by atoms with E-state index in [-0.39, 0.29) is 17.4 Å². The fraction of sp³-hybridized carbons (Fsp3) is 0.250. The van der Waals surface area contributed by atoms with Crippen molar-refractivity contribution in [1.82, 2.24) is 15.0 Å². The van der Waals surface area contributed by atoms with Crippen molar-refractivity contribution in [3.05, 3.63) is 46.0 Å². The molecule has 104 valence electrons. The van der Waals surface area contributed by atoms with E-state index in [0.29, 0.717) is 6.54 Å². The van der Waals surface area contributed by atoms with Crippen LogP contribution in [0.5, 0.6) is 5.88 Å². The quantitative estimate of drug-likeness (QED) is 0.654. The van der Waals surface area contributed by atoms with Gasteiger partial charge in [0, 0.05) is 5.69 Å². The van der Waals surface area contributed by atoms with Crippen LogP contribution in [0.25, 0.3) is 0 Å². The molecule has 0 unspecified atom stereocenters. The van der Waals surface area contributed by atoms with E-state index in [1.807, 2.05) is 25.1 Å². The Morgan fingerprint density at radius 2 is 2.20 bits per heavy atom. The summed E-state index contributed by atoms with van der Waals surface area (Å²) < 4.78 is 4.87. The molecule has 0 atom stereocenters. The summed E-state index contributed by atoms with van der Waals surface area (Å²) in [5.41, 5.74) is 1.35. The van der Waals surface area contributed by atoms with Gasteiger partial charge in [0.15, 0.2) is 0 Å². The molecule has 8 nitrogen and oxygen atoms in total. The Hall–Kier alpha value is -2.77. The summed E-state index contributed by atoms with van der Waals surface area (Å²) in [6, 6.07) is 5.57. The molecule has 2 aromatic rings. The van der Waals surface area contributed by atoms with E-state index in [2.05, 4.69) is 20.3 Å². The molecule has 20 heavy (non-hydrogen) atoms. The number of rotatable bonds is 5. The van der Waals surface area contributed by atoms with Crippen LogP contribution in [-0.2, 0) is 6.54 Å². The molecule has 0 aliphatic heterocycles. The molecule has 0 saturated heterocycles. The third-order valence-corrected chi connectivity index (χ3v) is 2.55. The minimum absolute atomic E-state index is 0.0790. The predicted octanol–water partition coefficient (Wildman–Crippen LogP) is 1.71. The Bertz CT molecular complexity index is 632. The first-order chi connectivity index (χ1) is 9.61. The van der Waals surface area contributed by atoms with Gasteiger partial charge in [-0.3, -0.25) is 15.1 Å². The Kier molecular flexibility index (Phi) is 4.04. The van der Waals surface area contributed by atoms with Gasteiger partial charge in [-0.1, -0.05) is 6.07 Å². The lowest BCUT2D eigenvalue weighted by atomic mass is 10.3. The van der Waals surface area contributed by atoms with Crippen LogP contribution >= 0.6 is 0 Å². The molecular weight excluding hydrogens is 262 g/mol. The van der Waals surface area contributed by atoms with Crippen molar-refractivity contribution in [2.45, 2.75) is 13.5 Å². The van der Waals surface area contributed by atoms with Crippen LogP contribution in [0.15, 0.2) is 24.5 Å². The Balaban J connectivity index is 2.23. The summed E-state index contributed by atoms with van der Waals surface area (Å²) in [5.74, 6) is 0.0230. The molecule has 0 fully saturated rings. The van der Waals surface area contributed by atoms with Crippen molar-refractivity contribution in [2.24, 2.45) is 0 Å². The maximum atomic E-state index is 11.1. The molecule has 0 spiro atoms. The van der Waals surface area contributed by atoms with Crippen LogP contribution in [0, 0.1) is 17.0 Å². The second-order valence-corrected chi connectivity index (χ2v) is 3.96. The number of ether oxygens (including phenoxy) is 1. The Labute approximate surface area is 115 Å². The van der Waals surface area contributed by atoms with Crippen LogP contribution in [0.1, 0.15) is 11.4 Å². The molecule has 2 aromatic heterocycles. The summed E-state index contributed by atoms with van der Waals surface area (Å²) >= 11 is 0. The van der Waals surface area contributed by atoms with Crippen LogP contribution in [0.3, 0.4) is 0 Å². The third-order valence-electron chi connectivity index (χ3n) is 2.55. The molecule has 2 heterocycles. The first-order valence-corrected chi connectivity index (χ1v) is 5.81. The Morgan fingerprint density at radius 1 is 1.40 bits per heavy atom. The van der Waals surface area contributed by atoms with E-state index in [9.17, 15) is 10.1 Å². The van der Waals surface area contributed by atoms with Crippen LogP contribution in [0.4, 0.5) is 11.5 Å². The monoisotopic (exact) mass is 275 g/mol. The normalized spacial score (nSPS) is 10.1. The Morgan fingerprint density at radius 3 is 2.85 bits per heavy atom. The molecule has 0 aromatic carbocycles. The topological polar surface area (TPSA) is 103 Å². The highest BCUT2D eigenvalue weighted by molar-refractivity contribution is 5.61. The van der Waals surface area contributed by atoms with Gasteiger partial charge in [0.1, 0.15) is 6.33 Å². The number of pyridine rings is 1. The number of aromatic nitrogens is 3. The van der Waals surface area contributed by atoms with E-state index in [4.69, 9.17) is 4.74 Å². The lowest BCUT2D eigenvalue weighted by molar-refractivity contribution is -0.385. The van der Waals surface area contributed by atoms with Crippen molar-refractivity contribution in [3.8, 4) is 5.88 Å². The van der Waals surface area contributed by atoms with E-state index in [1.54, 1.807) is 0 Å². The van der Waals surface area contributed by atoms with E-state index in [0.717, 1.165) is 11.4 Å². The van der Waals surface area contributed by atoms with Crippen molar-refractivity contribution >= 4 is 11.5 Å². The van der Waals surface area contributed by atoms with Gasteiger partial charge < -0.3 is 10.1 Å². The number of anilines is 1. The first-order valence-electron chi connectivity index (χ1n) is 5.81. The van der Waals surface area contributed by atoms with E-state index >= 15 is 0 Å². The van der Waals surface area contributed by atoms with E-state index in [1.165, 1.54) is 13.4 Å². The van der Waals surface area contributed by atoms with Gasteiger partial charge in [0.25, 0.3) is 5.88 Å². The number of nitro groups is 1. The molecule has 0 amide bonds. The van der Waals surface area contributed by atoms with Crippen molar-refractivity contribution in [2.75, 3.05) is 12.4 Å². The molecule has 0 radical (unpaired) electrons. The highest BCUT2D eigenvalue weighted by atomic mass is 16.6. The summed E-state index contributed by atoms with van der Waals surface area (Å²) in [6.07, 6.45) is 1.21. The number of hydrogen-bond donors (Lipinski definition) is 1. The van der Waals surface area contributed by atoms with Gasteiger partial charge in [-0.15, -0.1) is 0 Å². The molecule has 0 aliphatic rings. The summed E-state index contributed by atoms with van der Waals surface area (Å²) in [5, 5.41) is 13.9. The van der Waals surface area contributed by atoms with Gasteiger partial charge in [0.05, 0.1) is 24.3 Å². The molecule has 8 heteroatoms. The van der Waals surface area contributed by atoms with Crippen LogP contribution in [0.2, 0.25) is 0 Å². The van der Waals surface area contributed by atoms with Gasteiger partial charge in [-0.05, 0) is 19.1 Å². The fourth-order valence-corrected chi connectivity index (χ4v) is 1.68. The first kappa shape index (κ1) is 13.7. The van der Waals surface area contributed by atoms with Gasteiger partial charge in [-0.25, -0.2) is 4.98 Å². The standard InChI is InChI=1S/C12H13N5O3/c1-8-4-3-5-9(16-8)6-13-11-10(17(18)19)12(20-2)15-7-14-11/h3-5,7H,6H2,1-2H3,(H,13,14,15). The largest absolute Gasteiger partial charge is 0.476 e. The summed E-state index contributed by atoms with van der Waals surface area (Å²) in [4.78, 5) is 22.4. The van der Waals surface area contributed by atoms with Crippen molar-refractivity contribution in [3.63, 3.8) is 0 Å². The third kappa shape index (κ3) is 2.97. The molecule has 0 saturated carbocycles. The number of aryl methyl sites for hydroxylation is 1. The molecule has 2 rings (SSSR count). The highest BCUT2D eigenvalue weighted by Crippen LogP contribution is 2.30. The van der Waals surface area contributed by atoms with Crippen LogP contribution in [-0.4, -0.2) is 27.0 Å². The minimum atomic E-state index is -0.579. The van der Waals surface area contributed by atoms with E-state index < -0.39 is 4.92 Å². The zero-order valence-electron chi connectivity index (χ0n) is 11.0. The second kappa shape index (κ2) is 5.91. The average Bonchev–Trinajstić information content (AvgIpc) is 2.44. The van der Waals surface area contributed by atoms with Gasteiger partial charge in [-0.2, -0.15) is 4.98 Å². The zero-order valence-corrected chi connectivity index (χ0v) is 11.0. The number of methoxy groups -OCH3 is 1. The highest BCUT2D eigenvalue weighted by Gasteiger charge is 2.23. The fourth-order valence-electron chi connectivity index (χ4n) is 1.68. The smallest absolute Gasteiger partial charge is 0.372 e. The molecule has 0 bridgehead atoms. The predicted molar refractivity (Wildman–Crippen MR) is 71.5 cm³/mol. The van der Waals surface area contributed by atoms with Crippen molar-refractivity contribution < 1.29 is 9.66 Å². The molecular formula is C12H13N5O3. The lowest BCUT2D eigenvalue weighted by Gasteiger charge is -2.07. The average molecular weight is 275 g/mol. The molecule has 1 N–H and O–H groups in total. The maximum absolute atomic E-state index is 11.1. The SMILES string of the molecule is COc1ncnc(NCc2cccc(C)n2)c1[N+](=O)[O-]. The van der Waals surface area contributed by atoms with Gasteiger partial charge >= 0.3 is 5.69 Å². The minimum Gasteiger partial charge on any atom is -0.476 e. The zero-order chi connectivity index (χ0) is 14.5. The lowest BCUT2D eigenvalue weighted by Crippen LogP contribution is -2.08. The molecule has 0 aliphatic carbocycles. The number of hydrogen-bond acceptors (Lipinski definition) is 7. The maximum Gasteiger partial charge on any atom is 0.372 e. The van der Waals surface area contributed by atoms with Crippen molar-refractivity contribution in [1.29, 1.82) is 0 Å². The second-order valence-electron chi connectivity index (χ2n) is 3.96. The number of nitrogens with one attached hydrogen (secondary N) is 1.